The van der Waals surface area contributed by atoms with Crippen molar-refractivity contribution < 1.29 is 9.59 Å². The molecule has 9 heteroatoms. The number of hydrogen-bond donors (Lipinski definition) is 2. The molecule has 2 fully saturated rings. The minimum atomic E-state index is -0.558. The molecule has 0 atom stereocenters. The molecule has 32 heavy (non-hydrogen) atoms. The number of carbonyl (C=O) groups excluding carboxylic acids is 2. The summed E-state index contributed by atoms with van der Waals surface area (Å²) in [4.78, 5) is 57.8. The normalized spacial score (nSPS) is 16.4. The van der Waals surface area contributed by atoms with Crippen molar-refractivity contribution in [2.24, 2.45) is 0 Å². The number of pyridine rings is 1. The van der Waals surface area contributed by atoms with Crippen molar-refractivity contribution in [2.75, 3.05) is 11.9 Å². The first kappa shape index (κ1) is 20.2. The quantitative estimate of drug-likeness (QED) is 0.640. The van der Waals surface area contributed by atoms with Crippen LogP contribution in [0.15, 0.2) is 46.1 Å². The van der Waals surface area contributed by atoms with Gasteiger partial charge in [-0.15, -0.1) is 0 Å². The third-order valence-corrected chi connectivity index (χ3v) is 5.93. The van der Waals surface area contributed by atoms with Crippen molar-refractivity contribution in [3.8, 4) is 0 Å². The van der Waals surface area contributed by atoms with E-state index in [4.69, 9.17) is 0 Å². The number of likely N-dealkylation sites (tertiary alicyclic amines) is 1. The van der Waals surface area contributed by atoms with Gasteiger partial charge in [-0.05, 0) is 49.4 Å². The first-order valence-corrected chi connectivity index (χ1v) is 10.8. The maximum absolute atomic E-state index is 12.8. The Morgan fingerprint density at radius 3 is 2.78 bits per heavy atom. The molecule has 2 amide bonds. The summed E-state index contributed by atoms with van der Waals surface area (Å²) in [5, 5.41) is 3.04. The zero-order valence-corrected chi connectivity index (χ0v) is 17.5. The van der Waals surface area contributed by atoms with Crippen molar-refractivity contribution in [1.29, 1.82) is 0 Å². The number of carbonyl (C=O) groups is 2. The SMILES string of the molecule is O=C(Nc1cccc(CN2CCCCC2=O)c1)c1cnc2c(c1)c(=O)[nH]c(=O)n2C1CC1. The monoisotopic (exact) mass is 433 g/mol. The molecule has 1 saturated carbocycles. The van der Waals surface area contributed by atoms with E-state index >= 15 is 0 Å². The summed E-state index contributed by atoms with van der Waals surface area (Å²) in [6.07, 6.45) is 5.63. The smallest absolute Gasteiger partial charge is 0.330 e. The van der Waals surface area contributed by atoms with Crippen LogP contribution in [0.3, 0.4) is 0 Å². The Labute approximate surface area is 183 Å². The third-order valence-electron chi connectivity index (χ3n) is 5.93. The molecule has 0 bridgehead atoms. The number of hydrogen-bond acceptors (Lipinski definition) is 5. The molecule has 2 aliphatic rings. The lowest BCUT2D eigenvalue weighted by Crippen LogP contribution is -2.34. The molecule has 2 N–H and O–H groups in total. The summed E-state index contributed by atoms with van der Waals surface area (Å²) in [5.74, 6) is -0.253. The summed E-state index contributed by atoms with van der Waals surface area (Å²) >= 11 is 0. The number of piperidine rings is 1. The van der Waals surface area contributed by atoms with E-state index in [1.54, 1.807) is 6.07 Å². The predicted octanol–water partition coefficient (Wildman–Crippen LogP) is 2.18. The van der Waals surface area contributed by atoms with Crippen LogP contribution in [0, 0.1) is 0 Å². The maximum Gasteiger partial charge on any atom is 0.330 e. The third kappa shape index (κ3) is 3.93. The Morgan fingerprint density at radius 2 is 2.00 bits per heavy atom. The van der Waals surface area contributed by atoms with Crippen molar-refractivity contribution in [3.63, 3.8) is 0 Å². The molecule has 0 radical (unpaired) electrons. The number of anilines is 1. The second-order valence-corrected chi connectivity index (χ2v) is 8.38. The van der Waals surface area contributed by atoms with Crippen LogP contribution in [0.4, 0.5) is 5.69 Å². The standard InChI is InChI=1S/C23H23N5O4/c29-19-6-1-2-9-27(19)13-14-4-3-5-16(10-14)25-21(30)15-11-18-20(24-12-15)28(17-7-8-17)23(32)26-22(18)31/h3-5,10-12,17H,1-2,6-9,13H2,(H,25,30)(H,26,31,32). The van der Waals surface area contributed by atoms with E-state index in [1.807, 2.05) is 23.1 Å². The number of nitrogens with zero attached hydrogens (tertiary/aromatic N) is 3. The number of rotatable bonds is 5. The van der Waals surface area contributed by atoms with Crippen LogP contribution in [0.1, 0.15) is 54.1 Å². The molecule has 2 aromatic heterocycles. The summed E-state index contributed by atoms with van der Waals surface area (Å²) in [5.41, 5.74) is 1.01. The lowest BCUT2D eigenvalue weighted by molar-refractivity contribution is -0.133. The Bertz CT molecular complexity index is 1340. The van der Waals surface area contributed by atoms with Gasteiger partial charge in [0.15, 0.2) is 0 Å². The highest BCUT2D eigenvalue weighted by Gasteiger charge is 2.28. The van der Waals surface area contributed by atoms with Gasteiger partial charge in [0.25, 0.3) is 11.5 Å². The first-order chi connectivity index (χ1) is 15.5. The van der Waals surface area contributed by atoms with Crippen molar-refractivity contribution >= 4 is 28.5 Å². The first-order valence-electron chi connectivity index (χ1n) is 10.8. The highest BCUT2D eigenvalue weighted by Crippen LogP contribution is 2.34. The number of nitrogens with one attached hydrogen (secondary N) is 2. The summed E-state index contributed by atoms with van der Waals surface area (Å²) < 4.78 is 1.49. The Morgan fingerprint density at radius 1 is 1.16 bits per heavy atom. The van der Waals surface area contributed by atoms with Gasteiger partial charge in [0.1, 0.15) is 5.65 Å². The minimum Gasteiger partial charge on any atom is -0.338 e. The van der Waals surface area contributed by atoms with Crippen LogP contribution in [0.25, 0.3) is 11.0 Å². The summed E-state index contributed by atoms with van der Waals surface area (Å²) in [6, 6.07) is 8.87. The number of H-pyrrole nitrogens is 1. The lowest BCUT2D eigenvalue weighted by Gasteiger charge is -2.26. The molecular weight excluding hydrogens is 410 g/mol. The fourth-order valence-corrected chi connectivity index (χ4v) is 4.13. The molecule has 5 rings (SSSR count). The zero-order valence-electron chi connectivity index (χ0n) is 17.5. The largest absolute Gasteiger partial charge is 0.338 e. The van der Waals surface area contributed by atoms with E-state index in [2.05, 4.69) is 15.3 Å². The molecule has 1 saturated heterocycles. The van der Waals surface area contributed by atoms with Gasteiger partial charge >= 0.3 is 5.69 Å². The second kappa shape index (κ2) is 8.07. The van der Waals surface area contributed by atoms with Crippen LogP contribution in [0.2, 0.25) is 0 Å². The van der Waals surface area contributed by atoms with Gasteiger partial charge in [-0.1, -0.05) is 12.1 Å². The average Bonchev–Trinajstić information content (AvgIpc) is 3.60. The van der Waals surface area contributed by atoms with Gasteiger partial charge in [0.05, 0.1) is 10.9 Å². The van der Waals surface area contributed by atoms with E-state index in [0.29, 0.717) is 24.3 Å². The van der Waals surface area contributed by atoms with Crippen molar-refractivity contribution in [1.82, 2.24) is 19.4 Å². The second-order valence-electron chi connectivity index (χ2n) is 8.38. The maximum atomic E-state index is 12.8. The molecular formula is C23H23N5O4. The Balaban J connectivity index is 1.37. The molecule has 1 aromatic carbocycles. The average molecular weight is 433 g/mol. The van der Waals surface area contributed by atoms with Crippen LogP contribution in [-0.2, 0) is 11.3 Å². The van der Waals surface area contributed by atoms with Crippen LogP contribution < -0.4 is 16.6 Å². The van der Waals surface area contributed by atoms with Gasteiger partial charge in [0, 0.05) is 37.4 Å². The van der Waals surface area contributed by atoms with Crippen molar-refractivity contribution in [2.45, 2.75) is 44.7 Å². The van der Waals surface area contributed by atoms with Crippen LogP contribution in [-0.4, -0.2) is 37.8 Å². The van der Waals surface area contributed by atoms with Gasteiger partial charge in [-0.25, -0.2) is 9.78 Å². The van der Waals surface area contributed by atoms with E-state index < -0.39 is 17.2 Å². The predicted molar refractivity (Wildman–Crippen MR) is 119 cm³/mol. The van der Waals surface area contributed by atoms with Gasteiger partial charge in [0.2, 0.25) is 5.91 Å². The van der Waals surface area contributed by atoms with Gasteiger partial charge in [-0.2, -0.15) is 0 Å². The van der Waals surface area contributed by atoms with E-state index in [1.165, 1.54) is 16.8 Å². The fraction of sp³-hybridized carbons (Fsp3) is 0.348. The molecule has 1 aliphatic heterocycles. The Hall–Kier alpha value is -3.75. The number of aromatic nitrogens is 3. The topological polar surface area (TPSA) is 117 Å². The molecule has 3 heterocycles. The highest BCUT2D eigenvalue weighted by atomic mass is 16.2. The number of aromatic amines is 1. The molecule has 3 aromatic rings. The van der Waals surface area contributed by atoms with Crippen LogP contribution in [0.5, 0.6) is 0 Å². The fourth-order valence-electron chi connectivity index (χ4n) is 4.13. The van der Waals surface area contributed by atoms with Gasteiger partial charge in [-0.3, -0.25) is 23.9 Å². The molecule has 164 valence electrons. The lowest BCUT2D eigenvalue weighted by atomic mass is 10.1. The van der Waals surface area contributed by atoms with E-state index in [0.717, 1.165) is 37.8 Å². The van der Waals surface area contributed by atoms with Crippen molar-refractivity contribution in [3.05, 3.63) is 68.5 Å². The van der Waals surface area contributed by atoms with E-state index in [9.17, 15) is 19.2 Å². The number of benzene rings is 1. The minimum absolute atomic E-state index is 0.0450. The van der Waals surface area contributed by atoms with Crippen LogP contribution >= 0.6 is 0 Å². The van der Waals surface area contributed by atoms with Gasteiger partial charge < -0.3 is 10.2 Å². The molecule has 9 nitrogen and oxygen atoms in total. The van der Waals surface area contributed by atoms with E-state index in [-0.39, 0.29) is 22.9 Å². The molecule has 0 unspecified atom stereocenters. The highest BCUT2D eigenvalue weighted by molar-refractivity contribution is 6.05. The molecule has 1 aliphatic carbocycles. The molecule has 0 spiro atoms. The summed E-state index contributed by atoms with van der Waals surface area (Å²) in [6.45, 7) is 1.26. The zero-order chi connectivity index (χ0) is 22.2. The number of amides is 2. The number of fused-ring (bicyclic) bond motifs is 1. The summed E-state index contributed by atoms with van der Waals surface area (Å²) in [7, 11) is 0. The Kier molecular flexibility index (Phi) is 5.08.